The molecule has 54 valence electrons. The van der Waals surface area contributed by atoms with Crippen LogP contribution >= 0.6 is 11.6 Å². The lowest BCUT2D eigenvalue weighted by Gasteiger charge is -2.09. The van der Waals surface area contributed by atoms with E-state index in [9.17, 15) is 4.79 Å². The van der Waals surface area contributed by atoms with Crippen molar-refractivity contribution in [3.63, 3.8) is 0 Å². The first-order chi connectivity index (χ1) is 4.09. The van der Waals surface area contributed by atoms with Crippen molar-refractivity contribution in [3.8, 4) is 0 Å². The van der Waals surface area contributed by atoms with Gasteiger partial charge in [-0.25, -0.2) is 0 Å². The highest BCUT2D eigenvalue weighted by atomic mass is 35.5. The first-order valence-corrected chi connectivity index (χ1v) is 3.00. The predicted octanol–water partition coefficient (Wildman–Crippen LogP) is 0.114. The quantitative estimate of drug-likeness (QED) is 0.451. The van der Waals surface area contributed by atoms with Gasteiger partial charge >= 0.3 is 5.97 Å². The molecule has 0 radical (unpaired) electrons. The summed E-state index contributed by atoms with van der Waals surface area (Å²) in [6.07, 6.45) is 0. The third kappa shape index (κ3) is 2.67. The van der Waals surface area contributed by atoms with E-state index >= 15 is 0 Å². The van der Waals surface area contributed by atoms with Gasteiger partial charge in [0.25, 0.3) is 0 Å². The number of ether oxygens (including phenoxy) is 1. The van der Waals surface area contributed by atoms with Crippen LogP contribution in [0.2, 0.25) is 0 Å². The lowest BCUT2D eigenvalue weighted by atomic mass is 10.2. The molecule has 0 saturated carbocycles. The molecule has 0 unspecified atom stereocenters. The number of carbonyl (C=O) groups is 1. The molecule has 0 fully saturated rings. The predicted molar refractivity (Wildman–Crippen MR) is 35.3 cm³/mol. The molecule has 2 atom stereocenters. The fraction of sp³-hybridized carbons (Fsp3) is 0.800. The number of alkyl halides is 1. The molecule has 0 heterocycles. The second-order valence-electron chi connectivity index (χ2n) is 1.73. The van der Waals surface area contributed by atoms with Gasteiger partial charge in [0.05, 0.1) is 12.5 Å². The van der Waals surface area contributed by atoms with Gasteiger partial charge in [-0.2, -0.15) is 0 Å². The zero-order valence-electron chi connectivity index (χ0n) is 5.43. The van der Waals surface area contributed by atoms with E-state index < -0.39 is 12.0 Å². The minimum atomic E-state index is -0.711. The van der Waals surface area contributed by atoms with Crippen LogP contribution in [0.15, 0.2) is 0 Å². The molecule has 0 bridgehead atoms. The molecule has 0 aromatic carbocycles. The zero-order chi connectivity index (χ0) is 7.44. The SMILES string of the molecule is COC(=O)[C@H](N)[C@H](C)Cl. The Morgan fingerprint density at radius 1 is 1.78 bits per heavy atom. The smallest absolute Gasteiger partial charge is 0.324 e. The van der Waals surface area contributed by atoms with Crippen LogP contribution in [0.4, 0.5) is 0 Å². The van der Waals surface area contributed by atoms with Crippen LogP contribution in [0.1, 0.15) is 6.92 Å². The van der Waals surface area contributed by atoms with Gasteiger partial charge < -0.3 is 10.5 Å². The molecule has 0 aliphatic rings. The maximum Gasteiger partial charge on any atom is 0.324 e. The van der Waals surface area contributed by atoms with E-state index in [0.29, 0.717) is 0 Å². The monoisotopic (exact) mass is 151 g/mol. The largest absolute Gasteiger partial charge is 0.468 e. The Bertz CT molecular complexity index is 105. The Labute approximate surface area is 59.1 Å². The van der Waals surface area contributed by atoms with E-state index in [2.05, 4.69) is 4.74 Å². The molecule has 0 aliphatic carbocycles. The summed E-state index contributed by atoms with van der Waals surface area (Å²) < 4.78 is 4.32. The first-order valence-electron chi connectivity index (χ1n) is 2.57. The Kier molecular flexibility index (Phi) is 3.58. The van der Waals surface area contributed by atoms with Crippen LogP contribution in [0.3, 0.4) is 0 Å². The summed E-state index contributed by atoms with van der Waals surface area (Å²) in [5, 5.41) is -0.377. The maximum atomic E-state index is 10.5. The van der Waals surface area contributed by atoms with E-state index in [1.165, 1.54) is 7.11 Å². The summed E-state index contributed by atoms with van der Waals surface area (Å²) >= 11 is 5.48. The molecule has 0 amide bonds. The highest BCUT2D eigenvalue weighted by molar-refractivity contribution is 6.22. The number of esters is 1. The van der Waals surface area contributed by atoms with Crippen molar-refractivity contribution in [2.75, 3.05) is 7.11 Å². The highest BCUT2D eigenvalue weighted by Gasteiger charge is 2.18. The molecule has 2 N–H and O–H groups in total. The highest BCUT2D eigenvalue weighted by Crippen LogP contribution is 1.99. The molecule has 0 spiro atoms. The van der Waals surface area contributed by atoms with Crippen molar-refractivity contribution in [1.82, 2.24) is 0 Å². The number of hydrogen-bond acceptors (Lipinski definition) is 3. The van der Waals surface area contributed by atoms with Crippen molar-refractivity contribution in [3.05, 3.63) is 0 Å². The van der Waals surface area contributed by atoms with Crippen LogP contribution in [0.25, 0.3) is 0 Å². The van der Waals surface area contributed by atoms with Gasteiger partial charge in [0.2, 0.25) is 0 Å². The fourth-order valence-electron chi connectivity index (χ4n) is 0.324. The van der Waals surface area contributed by atoms with E-state index in [1.54, 1.807) is 6.92 Å². The number of nitrogens with two attached hydrogens (primary N) is 1. The average molecular weight is 152 g/mol. The molecule has 3 nitrogen and oxygen atoms in total. The number of hydrogen-bond donors (Lipinski definition) is 1. The summed E-state index contributed by atoms with van der Waals surface area (Å²) in [6, 6.07) is -0.711. The number of carbonyl (C=O) groups excluding carboxylic acids is 1. The Balaban J connectivity index is 3.72. The van der Waals surface area contributed by atoms with E-state index in [1.807, 2.05) is 0 Å². The van der Waals surface area contributed by atoms with Crippen molar-refractivity contribution in [1.29, 1.82) is 0 Å². The van der Waals surface area contributed by atoms with Gasteiger partial charge in [0, 0.05) is 0 Å². The van der Waals surface area contributed by atoms with Gasteiger partial charge in [-0.05, 0) is 6.92 Å². The molecular weight excluding hydrogens is 142 g/mol. The van der Waals surface area contributed by atoms with Gasteiger partial charge in [-0.15, -0.1) is 11.6 Å². The average Bonchev–Trinajstić information content (AvgIpc) is 1.84. The van der Waals surface area contributed by atoms with Crippen LogP contribution in [0.5, 0.6) is 0 Å². The lowest BCUT2D eigenvalue weighted by Crippen LogP contribution is -2.38. The third-order valence-electron chi connectivity index (χ3n) is 0.968. The van der Waals surface area contributed by atoms with Crippen molar-refractivity contribution in [2.45, 2.75) is 18.3 Å². The summed E-state index contributed by atoms with van der Waals surface area (Å²) in [6.45, 7) is 1.64. The lowest BCUT2D eigenvalue weighted by molar-refractivity contribution is -0.142. The minimum Gasteiger partial charge on any atom is -0.468 e. The summed E-state index contributed by atoms with van der Waals surface area (Å²) in [4.78, 5) is 10.5. The minimum absolute atomic E-state index is 0.377. The Morgan fingerprint density at radius 3 is 2.33 bits per heavy atom. The number of methoxy groups -OCH3 is 1. The van der Waals surface area contributed by atoms with E-state index in [0.717, 1.165) is 0 Å². The molecule has 0 aromatic rings. The van der Waals surface area contributed by atoms with Crippen molar-refractivity contribution < 1.29 is 9.53 Å². The third-order valence-corrected chi connectivity index (χ3v) is 1.24. The van der Waals surface area contributed by atoms with Crippen LogP contribution in [-0.4, -0.2) is 24.5 Å². The molecule has 0 aliphatic heterocycles. The Morgan fingerprint density at radius 2 is 2.22 bits per heavy atom. The topological polar surface area (TPSA) is 52.3 Å². The van der Waals surface area contributed by atoms with Gasteiger partial charge in [-0.1, -0.05) is 0 Å². The van der Waals surface area contributed by atoms with Gasteiger partial charge in [-0.3, -0.25) is 4.79 Å². The molecule has 0 saturated heterocycles. The van der Waals surface area contributed by atoms with E-state index in [-0.39, 0.29) is 5.38 Å². The molecular formula is C5H10ClNO2. The van der Waals surface area contributed by atoms with Crippen LogP contribution in [-0.2, 0) is 9.53 Å². The summed E-state index contributed by atoms with van der Waals surface area (Å²) in [5.41, 5.74) is 5.26. The number of halogens is 1. The van der Waals surface area contributed by atoms with Gasteiger partial charge in [0.15, 0.2) is 0 Å². The fourth-order valence-corrected chi connectivity index (χ4v) is 0.426. The van der Waals surface area contributed by atoms with Crippen molar-refractivity contribution in [2.24, 2.45) is 5.73 Å². The first kappa shape index (κ1) is 8.72. The van der Waals surface area contributed by atoms with E-state index in [4.69, 9.17) is 17.3 Å². The molecule has 9 heavy (non-hydrogen) atoms. The second kappa shape index (κ2) is 3.69. The van der Waals surface area contributed by atoms with Crippen LogP contribution < -0.4 is 5.73 Å². The van der Waals surface area contributed by atoms with Gasteiger partial charge in [0.1, 0.15) is 6.04 Å². The maximum absolute atomic E-state index is 10.5. The van der Waals surface area contributed by atoms with Crippen molar-refractivity contribution >= 4 is 17.6 Å². The van der Waals surface area contributed by atoms with Crippen LogP contribution in [0, 0.1) is 0 Å². The molecule has 4 heteroatoms. The number of rotatable bonds is 2. The summed E-state index contributed by atoms with van der Waals surface area (Å²) in [7, 11) is 1.28. The Hall–Kier alpha value is -0.280. The zero-order valence-corrected chi connectivity index (χ0v) is 6.18. The molecule has 0 aromatic heterocycles. The molecule has 0 rings (SSSR count). The summed E-state index contributed by atoms with van der Waals surface area (Å²) in [5.74, 6) is -0.475. The standard InChI is InChI=1S/C5H10ClNO2/c1-3(6)4(7)5(8)9-2/h3-4H,7H2,1-2H3/t3-,4+/m0/s1. The normalized spacial score (nSPS) is 16.4. The second-order valence-corrected chi connectivity index (χ2v) is 2.41.